The fraction of sp³-hybridized carbons (Fsp3) is 0.143. The summed E-state index contributed by atoms with van der Waals surface area (Å²) in [5.74, 6) is -1.84. The average Bonchev–Trinajstić information content (AvgIpc) is 2.63. The summed E-state index contributed by atoms with van der Waals surface area (Å²) in [5, 5.41) is 0. The minimum Gasteiger partial charge on any atom is -0.744 e. The van der Waals surface area contributed by atoms with E-state index in [0.717, 1.165) is 14.2 Å². The maximum absolute atomic E-state index is 12.2. The number of ether oxygens (including phenoxy) is 2. The summed E-state index contributed by atoms with van der Waals surface area (Å²) in [6.07, 6.45) is 0. The third-order valence-corrected chi connectivity index (χ3v) is 9.11. The summed E-state index contributed by atoms with van der Waals surface area (Å²) in [6.45, 7) is 0. The Morgan fingerprint density at radius 3 is 0.947 bits per heavy atom. The molecule has 0 spiro atoms. The van der Waals surface area contributed by atoms with Gasteiger partial charge in [-0.2, -0.15) is 0 Å². The van der Waals surface area contributed by atoms with Crippen molar-refractivity contribution in [1.82, 2.24) is 0 Å². The molecular weight excluding hydrogens is 931 g/mol. The minimum absolute atomic E-state index is 0. The van der Waals surface area contributed by atoms with Crippen molar-refractivity contribution in [1.29, 1.82) is 0 Å². The third kappa shape index (κ3) is 11.4. The van der Waals surface area contributed by atoms with Gasteiger partial charge in [0.15, 0.2) is 0 Å². The fourth-order valence-corrected chi connectivity index (χ4v) is 8.62. The van der Waals surface area contributed by atoms with Crippen LogP contribution in [-0.4, -0.2) is 66.1 Å². The Kier molecular flexibility index (Phi) is 23.1. The van der Waals surface area contributed by atoms with E-state index in [0.29, 0.717) is 12.1 Å². The van der Waals surface area contributed by atoms with Gasteiger partial charge >= 0.3 is 206 Å². The first-order valence-electron chi connectivity index (χ1n) is 7.82. The largest absolute Gasteiger partial charge is 1.00 e. The molecule has 2 aromatic carbocycles. The molecule has 0 heterocycles. The second-order valence-corrected chi connectivity index (χ2v) is 13.7. The van der Waals surface area contributed by atoms with Crippen LogP contribution in [0.1, 0.15) is 0 Å². The van der Waals surface area contributed by atoms with Crippen LogP contribution in [0.3, 0.4) is 0 Å². The standard InChI is InChI=1S/C14H12I2O14S4.4K/c1-29-11-5(15)3-7(31(17,18)19)9(13(11)33(23,24)25)10-8(32(20,21)22)4-6(16)12(30-2)14(10)34(26,27)28;;;;/h3-4H,1-2H3,(H,17,18,19)(H,20,21,22)(H,23,24,25)(H,26,27,28);;;;/q;4*+1/p-4. The summed E-state index contributed by atoms with van der Waals surface area (Å²) in [6, 6.07) is 0.886. The Labute approximate surface area is 416 Å². The first-order chi connectivity index (χ1) is 15.2. The van der Waals surface area contributed by atoms with E-state index in [1.165, 1.54) is 45.2 Å². The van der Waals surface area contributed by atoms with Gasteiger partial charge in [0.2, 0.25) is 0 Å². The summed E-state index contributed by atoms with van der Waals surface area (Å²) in [4.78, 5) is -6.64. The molecule has 2 rings (SSSR count). The number of methoxy groups -OCH3 is 2. The van der Waals surface area contributed by atoms with Crippen LogP contribution in [-0.2, 0) is 40.5 Å². The summed E-state index contributed by atoms with van der Waals surface area (Å²) in [5.41, 5.74) is -3.30. The average molecular weight is 939 g/mol. The fourth-order valence-electron chi connectivity index (χ4n) is 2.90. The van der Waals surface area contributed by atoms with Crippen LogP contribution >= 0.6 is 45.2 Å². The molecule has 0 unspecified atom stereocenters. The number of benzene rings is 2. The second kappa shape index (κ2) is 18.3. The zero-order valence-electron chi connectivity index (χ0n) is 20.3. The third-order valence-electron chi connectivity index (χ3n) is 4.01. The van der Waals surface area contributed by atoms with E-state index >= 15 is 0 Å². The molecule has 190 valence electrons. The Balaban J connectivity index is -0.00000306. The van der Waals surface area contributed by atoms with E-state index in [4.69, 9.17) is 9.47 Å². The van der Waals surface area contributed by atoms with Crippen LogP contribution in [0.2, 0.25) is 0 Å². The van der Waals surface area contributed by atoms with Gasteiger partial charge in [0, 0.05) is 11.1 Å². The van der Waals surface area contributed by atoms with E-state index in [2.05, 4.69) is 0 Å². The molecule has 14 nitrogen and oxygen atoms in total. The van der Waals surface area contributed by atoms with Gasteiger partial charge in [-0.25, -0.2) is 33.7 Å². The predicted molar refractivity (Wildman–Crippen MR) is 122 cm³/mol. The van der Waals surface area contributed by atoms with Gasteiger partial charge in [-0.15, -0.1) is 0 Å². The molecule has 0 amide bonds. The zero-order valence-corrected chi connectivity index (χ0v) is 40.3. The number of rotatable bonds is 7. The molecule has 24 heteroatoms. The topological polar surface area (TPSA) is 247 Å². The van der Waals surface area contributed by atoms with Gasteiger partial charge in [-0.1, -0.05) is 0 Å². The van der Waals surface area contributed by atoms with Crippen molar-refractivity contribution in [3.8, 4) is 22.6 Å². The predicted octanol–water partition coefficient (Wildman–Crippen LogP) is -11.8. The molecule has 38 heavy (non-hydrogen) atoms. The SMILES string of the molecule is COc1c(I)cc(S(=O)(=O)[O-])c(-c2c(S(=O)(=O)[O-])cc(I)c(OC)c2S(=O)(=O)[O-])c1S(=O)(=O)[O-].[K+].[K+].[K+].[K+]. The number of halogens is 2. The van der Waals surface area contributed by atoms with Gasteiger partial charge in [-0.05, 0) is 57.3 Å². The second-order valence-electron chi connectivity index (χ2n) is 6.00. The molecule has 0 radical (unpaired) electrons. The van der Waals surface area contributed by atoms with Crippen molar-refractivity contribution in [2.75, 3.05) is 14.2 Å². The van der Waals surface area contributed by atoms with Crippen molar-refractivity contribution >= 4 is 85.7 Å². The Morgan fingerprint density at radius 1 is 0.553 bits per heavy atom. The van der Waals surface area contributed by atoms with E-state index in [1.54, 1.807) is 0 Å². The molecule has 0 fully saturated rings. The molecule has 0 atom stereocenters. The van der Waals surface area contributed by atoms with Gasteiger partial charge in [-0.3, -0.25) is 0 Å². The minimum atomic E-state index is -5.90. The Hall–Kier alpha value is 5.69. The number of hydrogen-bond donors (Lipinski definition) is 0. The summed E-state index contributed by atoms with van der Waals surface area (Å²) >= 11 is 2.56. The molecule has 2 aromatic rings. The van der Waals surface area contributed by atoms with E-state index in [1.807, 2.05) is 0 Å². The van der Waals surface area contributed by atoms with Crippen LogP contribution in [0.25, 0.3) is 11.1 Å². The van der Waals surface area contributed by atoms with Crippen molar-refractivity contribution < 1.29 is 267 Å². The van der Waals surface area contributed by atoms with Gasteiger partial charge in [0.1, 0.15) is 61.8 Å². The molecule has 0 N–H and O–H groups in total. The molecule has 0 aliphatic heterocycles. The van der Waals surface area contributed by atoms with Crippen LogP contribution in [0.4, 0.5) is 0 Å². The Morgan fingerprint density at radius 2 is 0.789 bits per heavy atom. The molecular formula is C14H8I2K4O14S4. The van der Waals surface area contributed by atoms with Crippen molar-refractivity contribution in [2.45, 2.75) is 19.6 Å². The molecule has 0 saturated carbocycles. The molecule has 0 aliphatic rings. The van der Waals surface area contributed by atoms with E-state index in [-0.39, 0.29) is 206 Å². The van der Waals surface area contributed by atoms with E-state index in [9.17, 15) is 51.9 Å². The quantitative estimate of drug-likeness (QED) is 0.142. The van der Waals surface area contributed by atoms with Gasteiger partial charge in [0.05, 0.1) is 31.2 Å². The van der Waals surface area contributed by atoms with Crippen LogP contribution in [0.15, 0.2) is 31.7 Å². The maximum atomic E-state index is 12.2. The van der Waals surface area contributed by atoms with Crippen LogP contribution in [0.5, 0.6) is 11.5 Å². The van der Waals surface area contributed by atoms with Crippen molar-refractivity contribution in [2.24, 2.45) is 0 Å². The van der Waals surface area contributed by atoms with Gasteiger partial charge in [0.25, 0.3) is 0 Å². The van der Waals surface area contributed by atoms with Crippen molar-refractivity contribution in [3.05, 3.63) is 19.3 Å². The van der Waals surface area contributed by atoms with E-state index < -0.39 is 89.8 Å². The number of hydrogen-bond acceptors (Lipinski definition) is 14. The van der Waals surface area contributed by atoms with Crippen LogP contribution in [0, 0.1) is 7.14 Å². The molecule has 0 saturated heterocycles. The normalized spacial score (nSPS) is 11.7. The molecule has 0 bridgehead atoms. The molecule has 0 aromatic heterocycles. The monoisotopic (exact) mass is 938 g/mol. The molecule has 0 aliphatic carbocycles. The summed E-state index contributed by atoms with van der Waals surface area (Å²) in [7, 11) is -21.8. The zero-order chi connectivity index (χ0) is 26.6. The summed E-state index contributed by atoms with van der Waals surface area (Å²) < 4.78 is 154. The smallest absolute Gasteiger partial charge is 0.744 e. The first-order valence-corrected chi connectivity index (χ1v) is 15.6. The maximum Gasteiger partial charge on any atom is 1.00 e. The van der Waals surface area contributed by atoms with Crippen LogP contribution < -0.4 is 215 Å². The van der Waals surface area contributed by atoms with Crippen molar-refractivity contribution in [3.63, 3.8) is 0 Å². The Bertz CT molecular complexity index is 1520. The first kappa shape index (κ1) is 48.1. The van der Waals surface area contributed by atoms with Gasteiger partial charge < -0.3 is 27.7 Å².